The Labute approximate surface area is 157 Å². The summed E-state index contributed by atoms with van der Waals surface area (Å²) in [4.78, 5) is 8.43. The molecule has 0 spiro atoms. The summed E-state index contributed by atoms with van der Waals surface area (Å²) < 4.78 is 6.16. The molecule has 5 heteroatoms. The Morgan fingerprint density at radius 3 is 3.04 bits per heavy atom. The number of nitrogens with two attached hydrogens (primary N) is 1. The summed E-state index contributed by atoms with van der Waals surface area (Å²) in [5.74, 6) is 2.73. The molecular weight excluding hydrogens is 324 g/mol. The maximum atomic E-state index is 6.16. The van der Waals surface area contributed by atoms with E-state index in [1.54, 1.807) is 11.8 Å². The quantitative estimate of drug-likeness (QED) is 0.691. The molecule has 1 saturated carbocycles. The van der Waals surface area contributed by atoms with Crippen molar-refractivity contribution >= 4 is 11.8 Å². The summed E-state index contributed by atoms with van der Waals surface area (Å²) in [6.45, 7) is 3.69. The molecular formula is C21H32N4O. The monoisotopic (exact) mass is 356 g/mol. The standard InChI is InChI=1S/C21H32N4O/c1-2-3-13-23-20-19(14-24-21(22)25-20)26-15-17-11-8-10-16-9-6-4-5-7-12-18(16)17/h8,10-11,14,17-18H,2-7,9,12-13,15H2,1H3,(H3,22,23,24,25). The van der Waals surface area contributed by atoms with Crippen LogP contribution < -0.4 is 15.8 Å². The van der Waals surface area contributed by atoms with Crippen molar-refractivity contribution < 1.29 is 4.74 Å². The van der Waals surface area contributed by atoms with Crippen molar-refractivity contribution in [3.05, 3.63) is 30.0 Å². The van der Waals surface area contributed by atoms with Gasteiger partial charge in [0.25, 0.3) is 0 Å². The summed E-state index contributed by atoms with van der Waals surface area (Å²) in [6.07, 6.45) is 18.6. The van der Waals surface area contributed by atoms with Crippen LogP contribution in [0.25, 0.3) is 0 Å². The van der Waals surface area contributed by atoms with E-state index in [1.165, 1.54) is 38.5 Å². The highest BCUT2D eigenvalue weighted by molar-refractivity contribution is 5.51. The lowest BCUT2D eigenvalue weighted by Gasteiger charge is -2.31. The number of unbranched alkanes of at least 4 members (excludes halogenated alkanes) is 1. The maximum Gasteiger partial charge on any atom is 0.222 e. The molecule has 2 aliphatic carbocycles. The van der Waals surface area contributed by atoms with Crippen LogP contribution in [0.15, 0.2) is 30.0 Å². The highest BCUT2D eigenvalue weighted by Gasteiger charge is 2.26. The van der Waals surface area contributed by atoms with Crippen molar-refractivity contribution in [3.8, 4) is 5.75 Å². The number of nitrogen functional groups attached to an aromatic ring is 1. The molecule has 2 aliphatic rings. The zero-order valence-electron chi connectivity index (χ0n) is 15.9. The first-order valence-corrected chi connectivity index (χ1v) is 10.1. The first-order chi connectivity index (χ1) is 12.8. The van der Waals surface area contributed by atoms with Crippen LogP contribution in [-0.2, 0) is 0 Å². The SMILES string of the molecule is CCCCNc1nc(N)ncc1OCC1C=CC=C2CCCCCCC21. The van der Waals surface area contributed by atoms with Gasteiger partial charge in [-0.15, -0.1) is 0 Å². The van der Waals surface area contributed by atoms with E-state index in [4.69, 9.17) is 10.5 Å². The van der Waals surface area contributed by atoms with E-state index in [1.807, 2.05) is 0 Å². The number of nitrogens with one attached hydrogen (secondary N) is 1. The summed E-state index contributed by atoms with van der Waals surface area (Å²) in [5, 5.41) is 3.33. The van der Waals surface area contributed by atoms with Gasteiger partial charge in [-0.05, 0) is 31.6 Å². The smallest absolute Gasteiger partial charge is 0.222 e. The van der Waals surface area contributed by atoms with E-state index < -0.39 is 0 Å². The van der Waals surface area contributed by atoms with Crippen molar-refractivity contribution in [1.29, 1.82) is 0 Å². The van der Waals surface area contributed by atoms with Gasteiger partial charge in [0.15, 0.2) is 11.6 Å². The molecule has 1 aromatic heterocycles. The number of rotatable bonds is 7. The molecule has 2 unspecified atom stereocenters. The fraction of sp³-hybridized carbons (Fsp3) is 0.619. The van der Waals surface area contributed by atoms with E-state index in [-0.39, 0.29) is 5.95 Å². The number of hydrogen-bond donors (Lipinski definition) is 2. The van der Waals surface area contributed by atoms with Gasteiger partial charge in [0.2, 0.25) is 5.95 Å². The average Bonchev–Trinajstić information content (AvgIpc) is 2.62. The van der Waals surface area contributed by atoms with Crippen molar-refractivity contribution in [2.24, 2.45) is 11.8 Å². The van der Waals surface area contributed by atoms with Crippen LogP contribution in [-0.4, -0.2) is 23.1 Å². The Bertz CT molecular complexity index is 641. The molecule has 0 amide bonds. The molecule has 26 heavy (non-hydrogen) atoms. The second-order valence-electron chi connectivity index (χ2n) is 7.38. The zero-order valence-corrected chi connectivity index (χ0v) is 15.9. The number of fused-ring (bicyclic) bond motifs is 1. The minimum absolute atomic E-state index is 0.277. The Balaban J connectivity index is 1.64. The molecule has 3 N–H and O–H groups in total. The molecule has 2 atom stereocenters. The fourth-order valence-electron chi connectivity index (χ4n) is 3.93. The zero-order chi connectivity index (χ0) is 18.2. The minimum Gasteiger partial charge on any atom is -0.487 e. The second kappa shape index (κ2) is 9.60. The summed E-state index contributed by atoms with van der Waals surface area (Å²) in [7, 11) is 0. The number of allylic oxidation sites excluding steroid dienone is 3. The van der Waals surface area contributed by atoms with Crippen LogP contribution in [0, 0.1) is 11.8 Å². The van der Waals surface area contributed by atoms with E-state index >= 15 is 0 Å². The average molecular weight is 357 g/mol. The lowest BCUT2D eigenvalue weighted by Crippen LogP contribution is -2.25. The molecule has 3 rings (SSSR count). The molecule has 5 nitrogen and oxygen atoms in total. The molecule has 1 fully saturated rings. The second-order valence-corrected chi connectivity index (χ2v) is 7.38. The van der Waals surface area contributed by atoms with Gasteiger partial charge in [0.1, 0.15) is 0 Å². The van der Waals surface area contributed by atoms with Crippen molar-refractivity contribution in [2.45, 2.75) is 58.3 Å². The maximum absolute atomic E-state index is 6.16. The number of aromatic nitrogens is 2. The topological polar surface area (TPSA) is 73.1 Å². The van der Waals surface area contributed by atoms with Gasteiger partial charge in [0, 0.05) is 12.5 Å². The van der Waals surface area contributed by atoms with Crippen molar-refractivity contribution in [3.63, 3.8) is 0 Å². The molecule has 0 saturated heterocycles. The van der Waals surface area contributed by atoms with Crippen molar-refractivity contribution in [2.75, 3.05) is 24.2 Å². The Morgan fingerprint density at radius 2 is 2.15 bits per heavy atom. The van der Waals surface area contributed by atoms with Crippen LogP contribution in [0.2, 0.25) is 0 Å². The summed E-state index contributed by atoms with van der Waals surface area (Å²) in [6, 6.07) is 0. The number of hydrogen-bond acceptors (Lipinski definition) is 5. The highest BCUT2D eigenvalue weighted by atomic mass is 16.5. The Kier molecular flexibility index (Phi) is 6.92. The fourth-order valence-corrected chi connectivity index (χ4v) is 3.93. The van der Waals surface area contributed by atoms with Crippen molar-refractivity contribution in [1.82, 2.24) is 9.97 Å². The molecule has 1 aromatic rings. The van der Waals surface area contributed by atoms with Gasteiger partial charge in [-0.2, -0.15) is 4.98 Å². The summed E-state index contributed by atoms with van der Waals surface area (Å²) in [5.41, 5.74) is 7.36. The summed E-state index contributed by atoms with van der Waals surface area (Å²) >= 11 is 0. The largest absolute Gasteiger partial charge is 0.487 e. The molecule has 142 valence electrons. The van der Waals surface area contributed by atoms with E-state index in [9.17, 15) is 0 Å². The number of nitrogens with zero attached hydrogens (tertiary/aromatic N) is 2. The third-order valence-electron chi connectivity index (χ3n) is 5.42. The highest BCUT2D eigenvalue weighted by Crippen LogP contribution is 2.36. The molecule has 0 aromatic carbocycles. The number of anilines is 2. The van der Waals surface area contributed by atoms with Gasteiger partial charge in [-0.1, -0.05) is 56.4 Å². The third-order valence-corrected chi connectivity index (χ3v) is 5.42. The normalized spacial score (nSPS) is 22.7. The Hall–Kier alpha value is -2.04. The van der Waals surface area contributed by atoms with Gasteiger partial charge in [0.05, 0.1) is 12.8 Å². The molecule has 1 heterocycles. The van der Waals surface area contributed by atoms with Crippen LogP contribution >= 0.6 is 0 Å². The van der Waals surface area contributed by atoms with E-state index in [0.717, 1.165) is 19.4 Å². The van der Waals surface area contributed by atoms with Gasteiger partial charge in [-0.3, -0.25) is 0 Å². The third kappa shape index (κ3) is 4.99. The van der Waals surface area contributed by atoms with Gasteiger partial charge in [-0.25, -0.2) is 4.98 Å². The molecule has 0 bridgehead atoms. The van der Waals surface area contributed by atoms with E-state index in [2.05, 4.69) is 40.4 Å². The first-order valence-electron chi connectivity index (χ1n) is 10.1. The molecule has 0 radical (unpaired) electrons. The first kappa shape index (κ1) is 18.7. The van der Waals surface area contributed by atoms with Crippen LogP contribution in [0.4, 0.5) is 11.8 Å². The minimum atomic E-state index is 0.277. The molecule has 0 aliphatic heterocycles. The lowest BCUT2D eigenvalue weighted by atomic mass is 9.76. The van der Waals surface area contributed by atoms with Gasteiger partial charge >= 0.3 is 0 Å². The van der Waals surface area contributed by atoms with E-state index in [0.29, 0.717) is 30.0 Å². The predicted octanol–water partition coefficient (Wildman–Crippen LogP) is 4.73. The number of ether oxygens (including phenoxy) is 1. The van der Waals surface area contributed by atoms with Crippen LogP contribution in [0.1, 0.15) is 58.3 Å². The van der Waals surface area contributed by atoms with Gasteiger partial charge < -0.3 is 15.8 Å². The predicted molar refractivity (Wildman–Crippen MR) is 107 cm³/mol. The van der Waals surface area contributed by atoms with Crippen LogP contribution in [0.3, 0.4) is 0 Å². The van der Waals surface area contributed by atoms with Crippen LogP contribution in [0.5, 0.6) is 5.75 Å². The lowest BCUT2D eigenvalue weighted by molar-refractivity contribution is 0.227. The Morgan fingerprint density at radius 1 is 1.27 bits per heavy atom.